The van der Waals surface area contributed by atoms with Crippen LogP contribution in [0.3, 0.4) is 0 Å². The second kappa shape index (κ2) is 8.05. The Hall–Kier alpha value is -2.18. The summed E-state index contributed by atoms with van der Waals surface area (Å²) in [6, 6.07) is 3.87. The molecule has 1 aliphatic rings. The molecule has 28 heavy (non-hydrogen) atoms. The van der Waals surface area contributed by atoms with Crippen molar-refractivity contribution in [1.29, 1.82) is 0 Å². The summed E-state index contributed by atoms with van der Waals surface area (Å²) < 4.78 is 2.15. The molecule has 0 unspecified atom stereocenters. The van der Waals surface area contributed by atoms with E-state index < -0.39 is 0 Å². The average molecular weight is 418 g/mol. The highest BCUT2D eigenvalue weighted by Gasteiger charge is 2.24. The van der Waals surface area contributed by atoms with Crippen LogP contribution in [0, 0.1) is 12.8 Å². The number of pyridine rings is 1. The second-order valence-electron chi connectivity index (χ2n) is 7.36. The van der Waals surface area contributed by atoms with Gasteiger partial charge in [-0.15, -0.1) is 0 Å². The Morgan fingerprint density at radius 2 is 2.00 bits per heavy atom. The molecule has 146 valence electrons. The van der Waals surface area contributed by atoms with Crippen LogP contribution in [0.25, 0.3) is 11.0 Å². The summed E-state index contributed by atoms with van der Waals surface area (Å²) in [4.78, 5) is 25.1. The van der Waals surface area contributed by atoms with Crippen LogP contribution in [-0.2, 0) is 6.54 Å². The van der Waals surface area contributed by atoms with E-state index >= 15 is 0 Å². The third kappa shape index (κ3) is 4.13. The van der Waals surface area contributed by atoms with Crippen molar-refractivity contribution in [3.63, 3.8) is 0 Å². The van der Waals surface area contributed by atoms with Crippen molar-refractivity contribution in [2.75, 3.05) is 0 Å². The van der Waals surface area contributed by atoms with Crippen molar-refractivity contribution in [2.24, 2.45) is 5.92 Å². The Morgan fingerprint density at radius 1 is 1.21 bits per heavy atom. The maximum atomic E-state index is 12.6. The van der Waals surface area contributed by atoms with Crippen molar-refractivity contribution >= 4 is 40.1 Å². The average Bonchev–Trinajstić information content (AvgIpc) is 3.07. The molecule has 1 aliphatic carbocycles. The van der Waals surface area contributed by atoms with Gasteiger partial charge in [-0.1, -0.05) is 11.6 Å². The van der Waals surface area contributed by atoms with Crippen molar-refractivity contribution in [3.8, 4) is 0 Å². The third-order valence-electron chi connectivity index (χ3n) is 5.41. The van der Waals surface area contributed by atoms with E-state index in [-0.39, 0.29) is 17.2 Å². The molecule has 1 saturated carbocycles. The van der Waals surface area contributed by atoms with Gasteiger partial charge in [-0.3, -0.25) is 9.78 Å². The molecule has 3 heterocycles. The van der Waals surface area contributed by atoms with E-state index in [4.69, 9.17) is 23.2 Å². The molecule has 0 saturated heterocycles. The molecule has 6 nitrogen and oxygen atoms in total. The first kappa shape index (κ1) is 19.2. The zero-order valence-corrected chi connectivity index (χ0v) is 17.0. The number of hydrogen-bond donors (Lipinski definition) is 1. The molecular formula is C20H21Cl2N5O. The molecule has 0 spiro atoms. The summed E-state index contributed by atoms with van der Waals surface area (Å²) in [5.41, 5.74) is 2.11. The topological polar surface area (TPSA) is 72.7 Å². The lowest BCUT2D eigenvalue weighted by molar-refractivity contribution is 0.0919. The third-order valence-corrected chi connectivity index (χ3v) is 5.80. The second-order valence-corrected chi connectivity index (χ2v) is 8.14. The molecule has 4 rings (SSSR count). The Labute approximate surface area is 173 Å². The van der Waals surface area contributed by atoms with E-state index in [1.807, 2.05) is 19.2 Å². The molecule has 1 fully saturated rings. The van der Waals surface area contributed by atoms with Gasteiger partial charge in [-0.05, 0) is 62.3 Å². The van der Waals surface area contributed by atoms with E-state index in [2.05, 4.69) is 24.8 Å². The van der Waals surface area contributed by atoms with Gasteiger partial charge in [0.15, 0.2) is 0 Å². The normalized spacial score (nSPS) is 19.7. The standard InChI is InChI=1S/C20H21Cl2N5O/c1-12-17(8-15(21)10-23-12)19(28)25-16-4-2-13(3-5-16)11-27-7-6-14-9-24-20(22)26-18(14)27/h6-10,13,16H,2-5,11H2,1H3,(H,25,28)/t13-,16-. The minimum atomic E-state index is -0.0984. The number of fused-ring (bicyclic) bond motifs is 1. The summed E-state index contributed by atoms with van der Waals surface area (Å²) >= 11 is 11.9. The number of nitrogens with zero attached hydrogens (tertiary/aromatic N) is 4. The highest BCUT2D eigenvalue weighted by Crippen LogP contribution is 2.27. The van der Waals surface area contributed by atoms with Crippen molar-refractivity contribution < 1.29 is 4.79 Å². The van der Waals surface area contributed by atoms with Crippen molar-refractivity contribution in [3.05, 3.63) is 52.3 Å². The first-order chi connectivity index (χ1) is 13.5. The molecular weight excluding hydrogens is 397 g/mol. The Balaban J connectivity index is 1.35. The SMILES string of the molecule is Cc1ncc(Cl)cc1C(=O)N[C@H]1CC[C@H](Cn2ccc3cnc(Cl)nc32)CC1. The highest BCUT2D eigenvalue weighted by atomic mass is 35.5. The Morgan fingerprint density at radius 3 is 2.79 bits per heavy atom. The summed E-state index contributed by atoms with van der Waals surface area (Å²) in [5, 5.41) is 4.88. The lowest BCUT2D eigenvalue weighted by atomic mass is 9.86. The molecule has 0 atom stereocenters. The van der Waals surface area contributed by atoms with Crippen LogP contribution >= 0.6 is 23.2 Å². The van der Waals surface area contributed by atoms with Crippen LogP contribution in [0.1, 0.15) is 41.7 Å². The number of carbonyl (C=O) groups is 1. The van der Waals surface area contributed by atoms with Gasteiger partial charge in [0.25, 0.3) is 5.91 Å². The zero-order valence-electron chi connectivity index (χ0n) is 15.5. The number of amides is 1. The van der Waals surface area contributed by atoms with Crippen LogP contribution < -0.4 is 5.32 Å². The first-order valence-corrected chi connectivity index (χ1v) is 10.2. The van der Waals surface area contributed by atoms with Crippen molar-refractivity contribution in [1.82, 2.24) is 24.8 Å². The molecule has 3 aromatic heterocycles. The quantitative estimate of drug-likeness (QED) is 0.637. The van der Waals surface area contributed by atoms with Crippen LogP contribution in [0.15, 0.2) is 30.7 Å². The maximum absolute atomic E-state index is 12.6. The van der Waals surface area contributed by atoms with Crippen LogP contribution in [0.2, 0.25) is 10.3 Å². The number of carbonyl (C=O) groups excluding carboxylic acids is 1. The number of rotatable bonds is 4. The molecule has 8 heteroatoms. The molecule has 0 aromatic carbocycles. The van der Waals surface area contributed by atoms with Gasteiger partial charge in [-0.25, -0.2) is 4.98 Å². The molecule has 0 aliphatic heterocycles. The molecule has 3 aromatic rings. The fourth-order valence-electron chi connectivity index (χ4n) is 3.87. The largest absolute Gasteiger partial charge is 0.349 e. The zero-order chi connectivity index (χ0) is 19.7. The Bertz CT molecular complexity index is 1010. The summed E-state index contributed by atoms with van der Waals surface area (Å²) in [6.07, 6.45) is 9.36. The predicted octanol–water partition coefficient (Wildman–Crippen LogP) is 4.43. The maximum Gasteiger partial charge on any atom is 0.253 e. The van der Waals surface area contributed by atoms with Gasteiger partial charge in [0, 0.05) is 36.6 Å². The monoisotopic (exact) mass is 417 g/mol. The fourth-order valence-corrected chi connectivity index (χ4v) is 4.15. The smallest absolute Gasteiger partial charge is 0.253 e. The number of halogens is 2. The van der Waals surface area contributed by atoms with E-state index in [9.17, 15) is 4.79 Å². The first-order valence-electron chi connectivity index (χ1n) is 9.40. The molecule has 0 bridgehead atoms. The van der Waals surface area contributed by atoms with Gasteiger partial charge >= 0.3 is 0 Å². The van der Waals surface area contributed by atoms with E-state index in [1.54, 1.807) is 18.5 Å². The van der Waals surface area contributed by atoms with Gasteiger partial charge in [0.1, 0.15) is 5.65 Å². The van der Waals surface area contributed by atoms with E-state index in [1.165, 1.54) is 0 Å². The van der Waals surface area contributed by atoms with Crippen LogP contribution in [-0.4, -0.2) is 31.5 Å². The number of aromatic nitrogens is 4. The number of hydrogen-bond acceptors (Lipinski definition) is 4. The van der Waals surface area contributed by atoms with E-state index in [0.717, 1.165) is 43.3 Å². The summed E-state index contributed by atoms with van der Waals surface area (Å²) in [5.74, 6) is 0.450. The Kier molecular flexibility index (Phi) is 5.51. The summed E-state index contributed by atoms with van der Waals surface area (Å²) in [7, 11) is 0. The van der Waals surface area contributed by atoms with Gasteiger partial charge in [-0.2, -0.15) is 4.98 Å². The minimum absolute atomic E-state index is 0.0984. The van der Waals surface area contributed by atoms with Gasteiger partial charge in [0.05, 0.1) is 16.3 Å². The predicted molar refractivity (Wildman–Crippen MR) is 110 cm³/mol. The lowest BCUT2D eigenvalue weighted by Crippen LogP contribution is -2.38. The lowest BCUT2D eigenvalue weighted by Gasteiger charge is -2.29. The van der Waals surface area contributed by atoms with Crippen LogP contribution in [0.5, 0.6) is 0 Å². The number of aryl methyl sites for hydroxylation is 1. The highest BCUT2D eigenvalue weighted by molar-refractivity contribution is 6.30. The number of nitrogens with one attached hydrogen (secondary N) is 1. The van der Waals surface area contributed by atoms with Crippen LogP contribution in [0.4, 0.5) is 0 Å². The van der Waals surface area contributed by atoms with E-state index in [0.29, 0.717) is 22.2 Å². The van der Waals surface area contributed by atoms with Gasteiger partial charge < -0.3 is 9.88 Å². The molecule has 0 radical (unpaired) electrons. The minimum Gasteiger partial charge on any atom is -0.349 e. The fraction of sp³-hybridized carbons (Fsp3) is 0.400. The van der Waals surface area contributed by atoms with Gasteiger partial charge in [0.2, 0.25) is 5.28 Å². The molecule has 1 amide bonds. The summed E-state index contributed by atoms with van der Waals surface area (Å²) in [6.45, 7) is 2.72. The molecule has 1 N–H and O–H groups in total. The van der Waals surface area contributed by atoms with Crippen molar-refractivity contribution in [2.45, 2.75) is 45.2 Å².